The molecule has 1 amide bonds. The highest BCUT2D eigenvalue weighted by atomic mass is 16.5. The maximum Gasteiger partial charge on any atom is 0.328 e. The molecule has 3 aromatic rings. The quantitative estimate of drug-likeness (QED) is 0.295. The van der Waals surface area contributed by atoms with Gasteiger partial charge in [-0.25, -0.2) is 4.79 Å². The second-order valence-corrected chi connectivity index (χ2v) is 7.82. The van der Waals surface area contributed by atoms with Gasteiger partial charge in [-0.15, -0.1) is 0 Å². The molecular formula is C27H30N2O5. The Morgan fingerprint density at radius 3 is 2.38 bits per heavy atom. The van der Waals surface area contributed by atoms with Gasteiger partial charge in [-0.1, -0.05) is 42.5 Å². The molecule has 0 aliphatic rings. The number of amides is 1. The molecule has 0 aliphatic heterocycles. The van der Waals surface area contributed by atoms with Crippen molar-refractivity contribution < 1.29 is 24.2 Å². The van der Waals surface area contributed by atoms with E-state index < -0.39 is 17.9 Å². The van der Waals surface area contributed by atoms with E-state index in [1.54, 1.807) is 37.3 Å². The van der Waals surface area contributed by atoms with E-state index in [9.17, 15) is 14.7 Å². The van der Waals surface area contributed by atoms with Crippen molar-refractivity contribution >= 4 is 17.6 Å². The number of phenols is 1. The van der Waals surface area contributed by atoms with Crippen LogP contribution in [0.25, 0.3) is 0 Å². The third-order valence-corrected chi connectivity index (χ3v) is 5.30. The fourth-order valence-corrected chi connectivity index (χ4v) is 3.43. The van der Waals surface area contributed by atoms with Crippen LogP contribution < -0.4 is 15.8 Å². The molecule has 4 N–H and O–H groups in total. The first-order chi connectivity index (χ1) is 16.5. The minimum absolute atomic E-state index is 0.206. The first kappa shape index (κ1) is 24.6. The van der Waals surface area contributed by atoms with E-state index in [1.807, 2.05) is 42.5 Å². The number of aromatic hydroxyl groups is 1. The lowest BCUT2D eigenvalue weighted by Crippen LogP contribution is -2.42. The van der Waals surface area contributed by atoms with Crippen LogP contribution in [0, 0.1) is 0 Å². The van der Waals surface area contributed by atoms with Crippen molar-refractivity contribution in [1.29, 1.82) is 0 Å². The van der Waals surface area contributed by atoms with Crippen LogP contribution in [0.15, 0.2) is 72.8 Å². The van der Waals surface area contributed by atoms with Gasteiger partial charge < -0.3 is 25.6 Å². The van der Waals surface area contributed by atoms with Crippen LogP contribution in [0.4, 0.5) is 5.69 Å². The molecule has 0 saturated carbocycles. The molecule has 0 aromatic heterocycles. The molecule has 1 unspecified atom stereocenters. The fraction of sp³-hybridized carbons (Fsp3) is 0.259. The molecule has 0 radical (unpaired) electrons. The minimum Gasteiger partial charge on any atom is -0.508 e. The normalized spacial score (nSPS) is 11.4. The number of carbonyl (C=O) groups is 2. The average Bonchev–Trinajstić information content (AvgIpc) is 2.84. The molecule has 7 nitrogen and oxygen atoms in total. The summed E-state index contributed by atoms with van der Waals surface area (Å²) in [5.41, 5.74) is 8.85. The summed E-state index contributed by atoms with van der Waals surface area (Å²) in [6.07, 6.45) is 1.65. The number of hydrogen-bond donors (Lipinski definition) is 3. The number of phenolic OH excluding ortho intramolecular Hbond substituents is 1. The Kier molecular flexibility index (Phi) is 8.91. The number of aryl methyl sites for hydroxylation is 1. The van der Waals surface area contributed by atoms with Crippen molar-refractivity contribution in [3.8, 4) is 11.5 Å². The molecule has 178 valence electrons. The zero-order chi connectivity index (χ0) is 24.3. The van der Waals surface area contributed by atoms with Gasteiger partial charge in [0.25, 0.3) is 5.91 Å². The lowest BCUT2D eigenvalue weighted by molar-refractivity contribution is -0.145. The van der Waals surface area contributed by atoms with Crippen LogP contribution in [-0.2, 0) is 22.4 Å². The zero-order valence-electron chi connectivity index (χ0n) is 19.2. The highest BCUT2D eigenvalue weighted by molar-refractivity contribution is 5.97. The highest BCUT2D eigenvalue weighted by Crippen LogP contribution is 2.23. The molecule has 1 atom stereocenters. The first-order valence-electron chi connectivity index (χ1n) is 11.3. The monoisotopic (exact) mass is 462 g/mol. The molecule has 0 aliphatic carbocycles. The molecular weight excluding hydrogens is 432 g/mol. The van der Waals surface area contributed by atoms with E-state index in [2.05, 4.69) is 5.32 Å². The third kappa shape index (κ3) is 7.27. The summed E-state index contributed by atoms with van der Waals surface area (Å²) in [6.45, 7) is 2.32. The summed E-state index contributed by atoms with van der Waals surface area (Å²) in [7, 11) is 0. The Morgan fingerprint density at radius 2 is 1.68 bits per heavy atom. The Labute approximate surface area is 199 Å². The highest BCUT2D eigenvalue weighted by Gasteiger charge is 2.23. The molecule has 0 spiro atoms. The number of nitrogens with two attached hydrogens (primary N) is 1. The average molecular weight is 463 g/mol. The van der Waals surface area contributed by atoms with Crippen LogP contribution in [0.1, 0.15) is 34.8 Å². The molecule has 0 heterocycles. The summed E-state index contributed by atoms with van der Waals surface area (Å²) in [4.78, 5) is 25.4. The summed E-state index contributed by atoms with van der Waals surface area (Å²) in [5.74, 6) is -0.275. The number of benzene rings is 3. The SMILES string of the molecule is CCOC(=O)C(CCc1ccccc1)NC(=O)c1ccc(N)c(OCCc2ccc(O)cc2)c1. The van der Waals surface area contributed by atoms with E-state index in [0.29, 0.717) is 42.9 Å². The van der Waals surface area contributed by atoms with Crippen LogP contribution >= 0.6 is 0 Å². The second-order valence-electron chi connectivity index (χ2n) is 7.82. The van der Waals surface area contributed by atoms with Gasteiger partial charge in [0.05, 0.1) is 18.9 Å². The Balaban J connectivity index is 1.63. The van der Waals surface area contributed by atoms with E-state index in [1.165, 1.54) is 0 Å². The predicted molar refractivity (Wildman–Crippen MR) is 131 cm³/mol. The standard InChI is InChI=1S/C27H30N2O5/c1-2-33-27(32)24(15-10-19-6-4-3-5-7-19)29-26(31)21-11-14-23(28)25(18-21)34-17-16-20-8-12-22(30)13-9-20/h3-9,11-14,18,24,30H,2,10,15-17,28H2,1H3,(H,29,31). The van der Waals surface area contributed by atoms with E-state index in [4.69, 9.17) is 15.2 Å². The lowest BCUT2D eigenvalue weighted by Gasteiger charge is -2.18. The van der Waals surface area contributed by atoms with Gasteiger partial charge in [-0.2, -0.15) is 0 Å². The minimum atomic E-state index is -0.774. The van der Waals surface area contributed by atoms with Crippen molar-refractivity contribution in [2.24, 2.45) is 0 Å². The number of rotatable bonds is 11. The number of nitrogen functional groups attached to an aromatic ring is 1. The number of ether oxygens (including phenoxy) is 2. The van der Waals surface area contributed by atoms with Crippen molar-refractivity contribution in [3.63, 3.8) is 0 Å². The molecule has 34 heavy (non-hydrogen) atoms. The van der Waals surface area contributed by atoms with Gasteiger partial charge in [-0.3, -0.25) is 4.79 Å². The summed E-state index contributed by atoms with van der Waals surface area (Å²) >= 11 is 0. The molecule has 3 rings (SSSR count). The third-order valence-electron chi connectivity index (χ3n) is 5.30. The molecule has 0 saturated heterocycles. The summed E-state index contributed by atoms with van der Waals surface area (Å²) in [5, 5.41) is 12.2. The van der Waals surface area contributed by atoms with Crippen LogP contribution in [0.5, 0.6) is 11.5 Å². The van der Waals surface area contributed by atoms with Crippen LogP contribution in [0.3, 0.4) is 0 Å². The second kappa shape index (κ2) is 12.3. The largest absolute Gasteiger partial charge is 0.508 e. The van der Waals surface area contributed by atoms with Gasteiger partial charge in [0.1, 0.15) is 17.5 Å². The number of esters is 1. The maximum absolute atomic E-state index is 12.9. The Bertz CT molecular complexity index is 1080. The van der Waals surface area contributed by atoms with Crippen molar-refractivity contribution in [2.75, 3.05) is 18.9 Å². The maximum atomic E-state index is 12.9. The van der Waals surface area contributed by atoms with E-state index >= 15 is 0 Å². The first-order valence-corrected chi connectivity index (χ1v) is 11.3. The van der Waals surface area contributed by atoms with Crippen LogP contribution in [0.2, 0.25) is 0 Å². The molecule has 3 aromatic carbocycles. The summed E-state index contributed by atoms with van der Waals surface area (Å²) in [6, 6.07) is 20.6. The van der Waals surface area contributed by atoms with Gasteiger partial charge in [-0.05, 0) is 61.2 Å². The molecule has 0 fully saturated rings. The van der Waals surface area contributed by atoms with Crippen molar-refractivity contribution in [1.82, 2.24) is 5.32 Å². The topological polar surface area (TPSA) is 111 Å². The summed E-state index contributed by atoms with van der Waals surface area (Å²) < 4.78 is 11.0. The lowest BCUT2D eigenvalue weighted by atomic mass is 10.0. The van der Waals surface area contributed by atoms with Crippen molar-refractivity contribution in [3.05, 3.63) is 89.5 Å². The Morgan fingerprint density at radius 1 is 0.971 bits per heavy atom. The molecule has 7 heteroatoms. The van der Waals surface area contributed by atoms with Crippen LogP contribution in [-0.4, -0.2) is 36.2 Å². The predicted octanol–water partition coefficient (Wildman–Crippen LogP) is 3.89. The van der Waals surface area contributed by atoms with Gasteiger partial charge in [0.2, 0.25) is 0 Å². The van der Waals surface area contributed by atoms with E-state index in [0.717, 1.165) is 11.1 Å². The van der Waals surface area contributed by atoms with Crippen molar-refractivity contribution in [2.45, 2.75) is 32.2 Å². The number of anilines is 1. The smallest absolute Gasteiger partial charge is 0.328 e. The number of nitrogens with one attached hydrogen (secondary N) is 1. The van der Waals surface area contributed by atoms with Gasteiger partial charge in [0, 0.05) is 12.0 Å². The number of carbonyl (C=O) groups excluding carboxylic acids is 2. The Hall–Kier alpha value is -4.00. The molecule has 0 bridgehead atoms. The number of hydrogen-bond acceptors (Lipinski definition) is 6. The van der Waals surface area contributed by atoms with E-state index in [-0.39, 0.29) is 12.4 Å². The van der Waals surface area contributed by atoms with Gasteiger partial charge >= 0.3 is 5.97 Å². The zero-order valence-corrected chi connectivity index (χ0v) is 19.2. The van der Waals surface area contributed by atoms with Gasteiger partial charge in [0.15, 0.2) is 0 Å². The fourth-order valence-electron chi connectivity index (χ4n) is 3.43.